The van der Waals surface area contributed by atoms with E-state index in [1.54, 1.807) is 36.2 Å². The molecule has 2 amide bonds. The van der Waals surface area contributed by atoms with Gasteiger partial charge in [-0.15, -0.1) is 0 Å². The van der Waals surface area contributed by atoms with Crippen molar-refractivity contribution in [2.24, 2.45) is 11.8 Å². The predicted molar refractivity (Wildman–Crippen MR) is 102 cm³/mol. The van der Waals surface area contributed by atoms with E-state index in [0.29, 0.717) is 22.5 Å². The van der Waals surface area contributed by atoms with Gasteiger partial charge in [0.05, 0.1) is 13.1 Å². The molecule has 0 bridgehead atoms. The molecule has 1 fully saturated rings. The third-order valence-electron chi connectivity index (χ3n) is 5.01. The number of anilines is 1. The standard InChI is InChI=1S/C19H28ClN3O2/c1-13-5-4-6-17(14(13)2)22-19(25)12-23(3)11-18(24)21-16-9-7-15(20)8-10-16/h7-10,13-14,17H,4-6,11-12H2,1-3H3,(H,21,24)(H,22,25)/t13-,14+,17+/m0/s1. The lowest BCUT2D eigenvalue weighted by Crippen LogP contribution is -2.47. The Balaban J connectivity index is 1.75. The van der Waals surface area contributed by atoms with E-state index in [1.165, 1.54) is 6.42 Å². The molecule has 0 heterocycles. The van der Waals surface area contributed by atoms with Gasteiger partial charge in [-0.25, -0.2) is 0 Å². The Bertz CT molecular complexity index is 591. The topological polar surface area (TPSA) is 61.4 Å². The van der Waals surface area contributed by atoms with Gasteiger partial charge in [0.15, 0.2) is 0 Å². The maximum absolute atomic E-state index is 12.3. The fourth-order valence-electron chi connectivity index (χ4n) is 3.32. The van der Waals surface area contributed by atoms with Crippen LogP contribution in [0.1, 0.15) is 33.1 Å². The van der Waals surface area contributed by atoms with Crippen LogP contribution in [-0.4, -0.2) is 42.9 Å². The van der Waals surface area contributed by atoms with Gasteiger partial charge in [0.25, 0.3) is 0 Å². The Labute approximate surface area is 155 Å². The van der Waals surface area contributed by atoms with Gasteiger partial charge in [0.2, 0.25) is 11.8 Å². The third kappa shape index (κ3) is 6.33. The van der Waals surface area contributed by atoms with Gasteiger partial charge in [-0.3, -0.25) is 14.5 Å². The molecule has 0 saturated heterocycles. The van der Waals surface area contributed by atoms with Crippen molar-refractivity contribution < 1.29 is 9.59 Å². The van der Waals surface area contributed by atoms with Crippen LogP contribution in [0.15, 0.2) is 24.3 Å². The zero-order valence-electron chi connectivity index (χ0n) is 15.2. The number of rotatable bonds is 6. The summed E-state index contributed by atoms with van der Waals surface area (Å²) in [6, 6.07) is 7.19. The van der Waals surface area contributed by atoms with E-state index in [9.17, 15) is 9.59 Å². The Morgan fingerprint density at radius 1 is 1.12 bits per heavy atom. The van der Waals surface area contributed by atoms with E-state index in [4.69, 9.17) is 11.6 Å². The van der Waals surface area contributed by atoms with Gasteiger partial charge in [0.1, 0.15) is 0 Å². The number of carbonyl (C=O) groups excluding carboxylic acids is 2. The minimum atomic E-state index is -0.155. The fourth-order valence-corrected chi connectivity index (χ4v) is 3.44. The summed E-state index contributed by atoms with van der Waals surface area (Å²) in [6.45, 7) is 4.83. The van der Waals surface area contributed by atoms with E-state index in [-0.39, 0.29) is 30.9 Å². The van der Waals surface area contributed by atoms with Crippen LogP contribution in [0.25, 0.3) is 0 Å². The minimum Gasteiger partial charge on any atom is -0.352 e. The molecule has 0 aromatic heterocycles. The Morgan fingerprint density at radius 3 is 2.44 bits per heavy atom. The molecule has 2 N–H and O–H groups in total. The fraction of sp³-hybridized carbons (Fsp3) is 0.579. The third-order valence-corrected chi connectivity index (χ3v) is 5.26. The summed E-state index contributed by atoms with van der Waals surface area (Å²) < 4.78 is 0. The second kappa shape index (κ2) is 9.20. The number of carbonyl (C=O) groups is 2. The monoisotopic (exact) mass is 365 g/mol. The summed E-state index contributed by atoms with van der Waals surface area (Å²) in [5.74, 6) is 0.961. The quantitative estimate of drug-likeness (QED) is 0.814. The number of hydrogen-bond donors (Lipinski definition) is 2. The number of benzene rings is 1. The van der Waals surface area contributed by atoms with Gasteiger partial charge >= 0.3 is 0 Å². The number of amides is 2. The zero-order chi connectivity index (χ0) is 18.4. The van der Waals surface area contributed by atoms with Gasteiger partial charge in [-0.1, -0.05) is 38.3 Å². The van der Waals surface area contributed by atoms with Crippen LogP contribution in [0.2, 0.25) is 5.02 Å². The lowest BCUT2D eigenvalue weighted by atomic mass is 9.78. The lowest BCUT2D eigenvalue weighted by molar-refractivity contribution is -0.124. The summed E-state index contributed by atoms with van der Waals surface area (Å²) in [4.78, 5) is 26.0. The SMILES string of the molecule is C[C@@H]1[C@@H](C)CCC[C@H]1NC(=O)CN(C)CC(=O)Nc1ccc(Cl)cc1. The highest BCUT2D eigenvalue weighted by Crippen LogP contribution is 2.29. The van der Waals surface area contributed by atoms with Crippen LogP contribution in [0.5, 0.6) is 0 Å². The maximum atomic E-state index is 12.3. The van der Waals surface area contributed by atoms with Gasteiger partial charge < -0.3 is 10.6 Å². The highest BCUT2D eigenvalue weighted by Gasteiger charge is 2.28. The van der Waals surface area contributed by atoms with E-state index in [0.717, 1.165) is 12.8 Å². The number of hydrogen-bond acceptors (Lipinski definition) is 3. The summed E-state index contributed by atoms with van der Waals surface area (Å²) in [7, 11) is 1.77. The number of nitrogens with one attached hydrogen (secondary N) is 2. The van der Waals surface area contributed by atoms with Crippen molar-refractivity contribution in [1.82, 2.24) is 10.2 Å². The molecule has 1 saturated carbocycles. The van der Waals surface area contributed by atoms with Gasteiger partial charge in [-0.2, -0.15) is 0 Å². The molecule has 1 aliphatic rings. The molecule has 3 atom stereocenters. The van der Waals surface area contributed by atoms with Crippen molar-refractivity contribution in [2.75, 3.05) is 25.5 Å². The molecule has 2 rings (SSSR count). The van der Waals surface area contributed by atoms with Crippen molar-refractivity contribution in [2.45, 2.75) is 39.2 Å². The predicted octanol–water partition coefficient (Wildman–Crippen LogP) is 3.15. The average Bonchev–Trinajstić information content (AvgIpc) is 2.53. The molecule has 138 valence electrons. The van der Waals surface area contributed by atoms with Gasteiger partial charge in [0, 0.05) is 16.8 Å². The molecule has 25 heavy (non-hydrogen) atoms. The van der Waals surface area contributed by atoms with Crippen molar-refractivity contribution in [1.29, 1.82) is 0 Å². The summed E-state index contributed by atoms with van der Waals surface area (Å²) in [5.41, 5.74) is 0.692. The summed E-state index contributed by atoms with van der Waals surface area (Å²) >= 11 is 5.82. The van der Waals surface area contributed by atoms with Gasteiger partial charge in [-0.05, 0) is 49.6 Å². The number of nitrogens with zero attached hydrogens (tertiary/aromatic N) is 1. The van der Waals surface area contributed by atoms with E-state index < -0.39 is 0 Å². The molecule has 5 nitrogen and oxygen atoms in total. The highest BCUT2D eigenvalue weighted by molar-refractivity contribution is 6.30. The molecular weight excluding hydrogens is 338 g/mol. The van der Waals surface area contributed by atoms with Crippen LogP contribution in [-0.2, 0) is 9.59 Å². The van der Waals surface area contributed by atoms with Crippen molar-refractivity contribution in [3.05, 3.63) is 29.3 Å². The Kier molecular flexibility index (Phi) is 7.26. The van der Waals surface area contributed by atoms with Crippen LogP contribution < -0.4 is 10.6 Å². The normalized spacial score (nSPS) is 23.3. The van der Waals surface area contributed by atoms with Crippen LogP contribution in [0.3, 0.4) is 0 Å². The lowest BCUT2D eigenvalue weighted by Gasteiger charge is -2.34. The first-order chi connectivity index (χ1) is 11.8. The smallest absolute Gasteiger partial charge is 0.238 e. The van der Waals surface area contributed by atoms with E-state index in [2.05, 4.69) is 24.5 Å². The van der Waals surface area contributed by atoms with Crippen molar-refractivity contribution in [3.63, 3.8) is 0 Å². The molecule has 0 radical (unpaired) electrons. The molecule has 1 aromatic rings. The van der Waals surface area contributed by atoms with E-state index in [1.807, 2.05) is 0 Å². The van der Waals surface area contributed by atoms with Crippen molar-refractivity contribution in [3.8, 4) is 0 Å². The number of halogens is 1. The summed E-state index contributed by atoms with van der Waals surface area (Å²) in [5, 5.41) is 6.55. The Hall–Kier alpha value is -1.59. The van der Waals surface area contributed by atoms with Crippen molar-refractivity contribution >= 4 is 29.1 Å². The first kappa shape index (κ1) is 19.7. The molecular formula is C19H28ClN3O2. The second-order valence-corrected chi connectivity index (χ2v) is 7.61. The average molecular weight is 366 g/mol. The minimum absolute atomic E-state index is 0.0206. The molecule has 1 aliphatic carbocycles. The number of likely N-dealkylation sites (N-methyl/N-ethyl adjacent to an activating group) is 1. The molecule has 0 unspecified atom stereocenters. The molecule has 6 heteroatoms. The van der Waals surface area contributed by atoms with Crippen LogP contribution in [0.4, 0.5) is 5.69 Å². The largest absolute Gasteiger partial charge is 0.352 e. The summed E-state index contributed by atoms with van der Waals surface area (Å²) in [6.07, 6.45) is 3.44. The zero-order valence-corrected chi connectivity index (χ0v) is 16.0. The van der Waals surface area contributed by atoms with Crippen LogP contribution in [0, 0.1) is 11.8 Å². The Morgan fingerprint density at radius 2 is 1.76 bits per heavy atom. The first-order valence-electron chi connectivity index (χ1n) is 8.88. The van der Waals surface area contributed by atoms with E-state index >= 15 is 0 Å². The first-order valence-corrected chi connectivity index (χ1v) is 9.26. The highest BCUT2D eigenvalue weighted by atomic mass is 35.5. The molecule has 0 aliphatic heterocycles. The maximum Gasteiger partial charge on any atom is 0.238 e. The van der Waals surface area contributed by atoms with Crippen LogP contribution >= 0.6 is 11.6 Å². The second-order valence-electron chi connectivity index (χ2n) is 7.17. The molecule has 0 spiro atoms. The molecule has 1 aromatic carbocycles.